The van der Waals surface area contributed by atoms with Crippen molar-refractivity contribution in [3.63, 3.8) is 0 Å². The molecule has 0 aliphatic carbocycles. The summed E-state index contributed by atoms with van der Waals surface area (Å²) in [6.07, 6.45) is 0.371. The van der Waals surface area contributed by atoms with Gasteiger partial charge < -0.3 is 10.2 Å². The molecule has 2 amide bonds. The highest BCUT2D eigenvalue weighted by atomic mass is 32.2. The molecule has 0 aromatic heterocycles. The van der Waals surface area contributed by atoms with Gasteiger partial charge in [0, 0.05) is 12.1 Å². The summed E-state index contributed by atoms with van der Waals surface area (Å²) in [5, 5.41) is 2.98. The van der Waals surface area contributed by atoms with E-state index < -0.39 is 34.1 Å². The molecule has 8 heteroatoms. The van der Waals surface area contributed by atoms with Gasteiger partial charge in [-0.15, -0.1) is 0 Å². The lowest BCUT2D eigenvalue weighted by Crippen LogP contribution is -2.55. The van der Waals surface area contributed by atoms with Crippen LogP contribution in [0.2, 0.25) is 0 Å². The van der Waals surface area contributed by atoms with Gasteiger partial charge in [0.2, 0.25) is 11.8 Å². The molecule has 0 saturated heterocycles. The number of hydrogen-bond donors (Lipinski definition) is 1. The number of anilines is 1. The van der Waals surface area contributed by atoms with Gasteiger partial charge in [0.05, 0.1) is 10.6 Å². The average Bonchev–Trinajstić information content (AvgIpc) is 2.88. The first-order chi connectivity index (χ1) is 17.9. The molecule has 3 aromatic carbocycles. The van der Waals surface area contributed by atoms with Crippen molar-refractivity contribution in [1.82, 2.24) is 10.2 Å². The molecule has 0 bridgehead atoms. The van der Waals surface area contributed by atoms with Crippen LogP contribution in [-0.4, -0.2) is 43.3 Å². The topological polar surface area (TPSA) is 86.8 Å². The Hall–Kier alpha value is -3.65. The number of amides is 2. The third-order valence-electron chi connectivity index (χ3n) is 6.01. The standard InChI is InChI=1S/C30H37N3O4S/c1-6-27(29(35)31-30(3,4)5)32(21-24-19-17-23(2)18-20-24)28(34)22-33(25-13-9-7-10-14-25)38(36,37)26-15-11-8-12-16-26/h7-20,27H,6,21-22H2,1-5H3,(H,31,35). The minimum Gasteiger partial charge on any atom is -0.350 e. The van der Waals surface area contributed by atoms with Gasteiger partial charge in [0.15, 0.2) is 0 Å². The second-order valence-corrected chi connectivity index (χ2v) is 12.2. The fourth-order valence-electron chi connectivity index (χ4n) is 4.11. The van der Waals surface area contributed by atoms with Gasteiger partial charge >= 0.3 is 0 Å². The van der Waals surface area contributed by atoms with E-state index in [1.165, 1.54) is 17.0 Å². The van der Waals surface area contributed by atoms with Crippen molar-refractivity contribution in [1.29, 1.82) is 0 Å². The highest BCUT2D eigenvalue weighted by Gasteiger charge is 2.34. The Kier molecular flexibility index (Phi) is 9.33. The zero-order valence-electron chi connectivity index (χ0n) is 22.7. The summed E-state index contributed by atoms with van der Waals surface area (Å²) in [6, 6.07) is 23.5. The monoisotopic (exact) mass is 535 g/mol. The number of sulfonamides is 1. The molecule has 38 heavy (non-hydrogen) atoms. The molecular weight excluding hydrogens is 498 g/mol. The lowest BCUT2D eigenvalue weighted by molar-refractivity contribution is -0.141. The quantitative estimate of drug-likeness (QED) is 0.400. The average molecular weight is 536 g/mol. The van der Waals surface area contributed by atoms with E-state index in [9.17, 15) is 18.0 Å². The van der Waals surface area contributed by atoms with E-state index in [2.05, 4.69) is 5.32 Å². The van der Waals surface area contributed by atoms with Crippen LogP contribution in [0.15, 0.2) is 89.8 Å². The van der Waals surface area contributed by atoms with Crippen LogP contribution in [0, 0.1) is 6.92 Å². The molecule has 0 heterocycles. The fourth-order valence-corrected chi connectivity index (χ4v) is 5.54. The predicted octanol–water partition coefficient (Wildman–Crippen LogP) is 4.91. The zero-order chi connectivity index (χ0) is 27.9. The first kappa shape index (κ1) is 28.9. The van der Waals surface area contributed by atoms with Gasteiger partial charge in [0.1, 0.15) is 12.6 Å². The molecule has 0 fully saturated rings. The predicted molar refractivity (Wildman–Crippen MR) is 151 cm³/mol. The molecule has 0 radical (unpaired) electrons. The minimum absolute atomic E-state index is 0.0826. The van der Waals surface area contributed by atoms with E-state index in [0.29, 0.717) is 12.1 Å². The lowest BCUT2D eigenvalue weighted by atomic mass is 10.1. The van der Waals surface area contributed by atoms with Gasteiger partial charge in [-0.3, -0.25) is 13.9 Å². The van der Waals surface area contributed by atoms with Crippen LogP contribution in [-0.2, 0) is 26.2 Å². The molecule has 0 spiro atoms. The summed E-state index contributed by atoms with van der Waals surface area (Å²) in [4.78, 5) is 28.9. The molecule has 3 rings (SSSR count). The molecule has 202 valence electrons. The second kappa shape index (κ2) is 12.3. The SMILES string of the molecule is CCC(C(=O)NC(C)(C)C)N(Cc1ccc(C)cc1)C(=O)CN(c1ccccc1)S(=O)(=O)c1ccccc1. The van der Waals surface area contributed by atoms with Crippen molar-refractivity contribution >= 4 is 27.5 Å². The minimum atomic E-state index is -4.06. The Balaban J connectivity index is 2.03. The van der Waals surface area contributed by atoms with Crippen molar-refractivity contribution in [3.8, 4) is 0 Å². The van der Waals surface area contributed by atoms with Crippen LogP contribution in [0.1, 0.15) is 45.2 Å². The Morgan fingerprint density at radius 2 is 1.42 bits per heavy atom. The number of rotatable bonds is 10. The zero-order valence-corrected chi connectivity index (χ0v) is 23.5. The second-order valence-electron chi connectivity index (χ2n) is 10.3. The van der Waals surface area contributed by atoms with Crippen LogP contribution in [0.5, 0.6) is 0 Å². The van der Waals surface area contributed by atoms with Crippen LogP contribution >= 0.6 is 0 Å². The van der Waals surface area contributed by atoms with E-state index in [4.69, 9.17) is 0 Å². The summed E-state index contributed by atoms with van der Waals surface area (Å²) in [7, 11) is -4.06. The lowest BCUT2D eigenvalue weighted by Gasteiger charge is -2.34. The fraction of sp³-hybridized carbons (Fsp3) is 0.333. The van der Waals surface area contributed by atoms with Crippen molar-refractivity contribution in [2.45, 2.75) is 64.1 Å². The van der Waals surface area contributed by atoms with Crippen molar-refractivity contribution < 1.29 is 18.0 Å². The van der Waals surface area contributed by atoms with E-state index in [1.807, 2.05) is 58.9 Å². The smallest absolute Gasteiger partial charge is 0.264 e. The molecule has 1 N–H and O–H groups in total. The molecule has 0 aliphatic rings. The third-order valence-corrected chi connectivity index (χ3v) is 7.80. The van der Waals surface area contributed by atoms with Gasteiger partial charge in [-0.05, 0) is 63.9 Å². The Labute approximate surface area is 226 Å². The molecule has 0 aliphatic heterocycles. The van der Waals surface area contributed by atoms with Crippen LogP contribution < -0.4 is 9.62 Å². The molecule has 0 saturated carbocycles. The van der Waals surface area contributed by atoms with Gasteiger partial charge in [-0.1, -0.05) is 73.2 Å². The molecule has 7 nitrogen and oxygen atoms in total. The number of aryl methyl sites for hydroxylation is 1. The van der Waals surface area contributed by atoms with Crippen molar-refractivity contribution in [2.75, 3.05) is 10.8 Å². The van der Waals surface area contributed by atoms with Crippen LogP contribution in [0.3, 0.4) is 0 Å². The van der Waals surface area contributed by atoms with Gasteiger partial charge in [-0.25, -0.2) is 8.42 Å². The summed E-state index contributed by atoms with van der Waals surface area (Å²) in [5.74, 6) is -0.748. The number of hydrogen-bond acceptors (Lipinski definition) is 4. The van der Waals surface area contributed by atoms with E-state index in [-0.39, 0.29) is 17.3 Å². The maximum Gasteiger partial charge on any atom is 0.264 e. The molecular formula is C30H37N3O4S. The first-order valence-electron chi connectivity index (χ1n) is 12.7. The number of carbonyl (C=O) groups excluding carboxylic acids is 2. The normalized spacial score (nSPS) is 12.4. The number of carbonyl (C=O) groups is 2. The first-order valence-corrected chi connectivity index (χ1v) is 14.2. The summed E-state index contributed by atoms with van der Waals surface area (Å²) in [5.41, 5.74) is 1.80. The summed E-state index contributed by atoms with van der Waals surface area (Å²) in [6.45, 7) is 9.19. The Morgan fingerprint density at radius 1 is 0.868 bits per heavy atom. The number of para-hydroxylation sites is 1. The number of benzene rings is 3. The molecule has 1 atom stereocenters. The third kappa shape index (κ3) is 7.44. The summed E-state index contributed by atoms with van der Waals surface area (Å²) >= 11 is 0. The van der Waals surface area contributed by atoms with E-state index >= 15 is 0 Å². The molecule has 3 aromatic rings. The van der Waals surface area contributed by atoms with Crippen LogP contribution in [0.25, 0.3) is 0 Å². The van der Waals surface area contributed by atoms with Gasteiger partial charge in [-0.2, -0.15) is 0 Å². The van der Waals surface area contributed by atoms with Crippen LogP contribution in [0.4, 0.5) is 5.69 Å². The van der Waals surface area contributed by atoms with Crippen molar-refractivity contribution in [3.05, 3.63) is 96.1 Å². The molecule has 1 unspecified atom stereocenters. The van der Waals surface area contributed by atoms with Crippen molar-refractivity contribution in [2.24, 2.45) is 0 Å². The van der Waals surface area contributed by atoms with E-state index in [1.54, 1.807) is 48.5 Å². The number of nitrogens with zero attached hydrogens (tertiary/aromatic N) is 2. The Bertz CT molecular complexity index is 1320. The number of nitrogens with one attached hydrogen (secondary N) is 1. The Morgan fingerprint density at radius 3 is 1.95 bits per heavy atom. The highest BCUT2D eigenvalue weighted by Crippen LogP contribution is 2.24. The largest absolute Gasteiger partial charge is 0.350 e. The van der Waals surface area contributed by atoms with Gasteiger partial charge in [0.25, 0.3) is 10.0 Å². The maximum absolute atomic E-state index is 14.0. The highest BCUT2D eigenvalue weighted by molar-refractivity contribution is 7.92. The maximum atomic E-state index is 14.0. The summed E-state index contributed by atoms with van der Waals surface area (Å²) < 4.78 is 28.6. The van der Waals surface area contributed by atoms with E-state index in [0.717, 1.165) is 15.4 Å².